The molecule has 0 saturated heterocycles. The number of halogens is 2. The molecular weight excluding hydrogens is 342 g/mol. The largest absolute Gasteiger partial charge is 0.349 e. The number of hydrogen-bond acceptors (Lipinski definition) is 3. The van der Waals surface area contributed by atoms with Crippen LogP contribution in [0.15, 0.2) is 26.7 Å². The van der Waals surface area contributed by atoms with E-state index < -0.39 is 0 Å². The van der Waals surface area contributed by atoms with Crippen LogP contribution in [-0.4, -0.2) is 9.97 Å². The molecule has 3 N–H and O–H groups in total. The number of hydrogen-bond donors (Lipinski definition) is 2. The van der Waals surface area contributed by atoms with Crippen molar-refractivity contribution in [1.29, 1.82) is 0 Å². The molecular formula is C9H9Br2N3S. The molecule has 3 nitrogen and oxygen atoms in total. The molecule has 6 heteroatoms. The first-order chi connectivity index (χ1) is 7.16. The summed E-state index contributed by atoms with van der Waals surface area (Å²) in [6.45, 7) is 0. The second-order valence-electron chi connectivity index (χ2n) is 3.12. The van der Waals surface area contributed by atoms with Crippen LogP contribution in [0.4, 0.5) is 0 Å². The minimum Gasteiger partial charge on any atom is -0.349 e. The summed E-state index contributed by atoms with van der Waals surface area (Å²) in [6, 6.07) is 2.03. The topological polar surface area (TPSA) is 54.7 Å². The number of rotatable bonds is 3. The molecule has 0 aromatic carbocycles. The molecule has 2 aromatic heterocycles. The van der Waals surface area contributed by atoms with Crippen LogP contribution in [0.2, 0.25) is 0 Å². The third-order valence-electron chi connectivity index (χ3n) is 2.00. The second kappa shape index (κ2) is 4.78. The average molecular weight is 351 g/mol. The minimum atomic E-state index is -0.0104. The van der Waals surface area contributed by atoms with E-state index in [4.69, 9.17) is 5.73 Å². The number of nitrogens with two attached hydrogens (primary N) is 1. The Morgan fingerprint density at radius 3 is 2.87 bits per heavy atom. The van der Waals surface area contributed by atoms with Crippen LogP contribution in [-0.2, 0) is 6.42 Å². The molecule has 15 heavy (non-hydrogen) atoms. The Morgan fingerprint density at radius 2 is 2.33 bits per heavy atom. The summed E-state index contributed by atoms with van der Waals surface area (Å²) in [7, 11) is 0. The summed E-state index contributed by atoms with van der Waals surface area (Å²) < 4.78 is 2.13. The van der Waals surface area contributed by atoms with Crippen molar-refractivity contribution in [2.45, 2.75) is 12.5 Å². The SMILES string of the molecule is NC(Cc1ncc[nH]1)c1cc(Br)c(Br)s1. The maximum absolute atomic E-state index is 6.08. The Balaban J connectivity index is 2.11. The Labute approximate surface area is 108 Å². The van der Waals surface area contributed by atoms with Gasteiger partial charge in [-0.2, -0.15) is 0 Å². The van der Waals surface area contributed by atoms with Crippen LogP contribution in [0.25, 0.3) is 0 Å². The van der Waals surface area contributed by atoms with Crippen LogP contribution in [0.5, 0.6) is 0 Å². The van der Waals surface area contributed by atoms with Gasteiger partial charge in [-0.3, -0.25) is 0 Å². The zero-order valence-electron chi connectivity index (χ0n) is 7.71. The van der Waals surface area contributed by atoms with Crippen molar-refractivity contribution < 1.29 is 0 Å². The lowest BCUT2D eigenvalue weighted by Crippen LogP contribution is -2.12. The van der Waals surface area contributed by atoms with Crippen molar-refractivity contribution in [3.05, 3.63) is 37.4 Å². The van der Waals surface area contributed by atoms with E-state index in [1.165, 1.54) is 0 Å². The Morgan fingerprint density at radius 1 is 1.53 bits per heavy atom. The molecule has 80 valence electrons. The third kappa shape index (κ3) is 2.69. The molecule has 0 saturated carbocycles. The predicted molar refractivity (Wildman–Crippen MR) is 68.9 cm³/mol. The number of aromatic nitrogens is 2. The van der Waals surface area contributed by atoms with Gasteiger partial charge < -0.3 is 10.7 Å². The van der Waals surface area contributed by atoms with Gasteiger partial charge in [0.2, 0.25) is 0 Å². The van der Waals surface area contributed by atoms with Gasteiger partial charge in [-0.25, -0.2) is 4.98 Å². The van der Waals surface area contributed by atoms with Crippen LogP contribution in [0.3, 0.4) is 0 Å². The van der Waals surface area contributed by atoms with E-state index in [0.717, 1.165) is 25.4 Å². The third-order valence-corrected chi connectivity index (χ3v) is 5.39. The molecule has 0 aliphatic carbocycles. The zero-order chi connectivity index (χ0) is 10.8. The van der Waals surface area contributed by atoms with Gasteiger partial charge in [0.1, 0.15) is 5.82 Å². The summed E-state index contributed by atoms with van der Waals surface area (Å²) in [4.78, 5) is 8.35. The van der Waals surface area contributed by atoms with Gasteiger partial charge >= 0.3 is 0 Å². The highest BCUT2D eigenvalue weighted by Crippen LogP contribution is 2.35. The number of H-pyrrole nitrogens is 1. The van der Waals surface area contributed by atoms with Crippen molar-refractivity contribution in [2.24, 2.45) is 5.73 Å². The van der Waals surface area contributed by atoms with Gasteiger partial charge in [0.15, 0.2) is 0 Å². The van der Waals surface area contributed by atoms with E-state index in [1.54, 1.807) is 17.5 Å². The van der Waals surface area contributed by atoms with Gasteiger partial charge in [-0.1, -0.05) is 0 Å². The highest BCUT2D eigenvalue weighted by Gasteiger charge is 2.13. The lowest BCUT2D eigenvalue weighted by molar-refractivity contribution is 0.707. The summed E-state index contributed by atoms with van der Waals surface area (Å²) >= 11 is 8.55. The average Bonchev–Trinajstić information content (AvgIpc) is 2.78. The molecule has 2 heterocycles. The first-order valence-corrected chi connectivity index (χ1v) is 6.75. The Hall–Kier alpha value is -0.170. The number of nitrogens with zero attached hydrogens (tertiary/aromatic N) is 1. The van der Waals surface area contributed by atoms with E-state index in [0.29, 0.717) is 0 Å². The zero-order valence-corrected chi connectivity index (χ0v) is 11.7. The Kier molecular flexibility index (Phi) is 3.60. The van der Waals surface area contributed by atoms with Crippen LogP contribution < -0.4 is 5.73 Å². The fourth-order valence-corrected chi connectivity index (χ4v) is 3.36. The fraction of sp³-hybridized carbons (Fsp3) is 0.222. The second-order valence-corrected chi connectivity index (χ2v) is 6.37. The Bertz CT molecular complexity index is 419. The molecule has 1 unspecified atom stereocenters. The molecule has 2 aromatic rings. The number of thiophene rings is 1. The first kappa shape index (κ1) is 11.3. The molecule has 2 rings (SSSR count). The van der Waals surface area contributed by atoms with Crippen molar-refractivity contribution in [3.63, 3.8) is 0 Å². The van der Waals surface area contributed by atoms with Crippen LogP contribution >= 0.6 is 43.2 Å². The molecule has 0 amide bonds. The van der Waals surface area contributed by atoms with Crippen LogP contribution in [0, 0.1) is 0 Å². The molecule has 0 fully saturated rings. The van der Waals surface area contributed by atoms with Gasteiger partial charge in [-0.15, -0.1) is 11.3 Å². The summed E-state index contributed by atoms with van der Waals surface area (Å²) in [5, 5.41) is 0. The molecule has 0 bridgehead atoms. The molecule has 0 radical (unpaired) electrons. The van der Waals surface area contributed by atoms with Crippen molar-refractivity contribution in [3.8, 4) is 0 Å². The minimum absolute atomic E-state index is 0.0104. The molecule has 0 aliphatic rings. The van der Waals surface area contributed by atoms with Crippen LogP contribution in [0.1, 0.15) is 16.7 Å². The summed E-state index contributed by atoms with van der Waals surface area (Å²) in [5.74, 6) is 0.920. The number of aromatic amines is 1. The smallest absolute Gasteiger partial charge is 0.107 e. The summed E-state index contributed by atoms with van der Waals surface area (Å²) in [6.07, 6.45) is 4.27. The number of nitrogens with one attached hydrogen (secondary N) is 1. The number of imidazole rings is 1. The quantitative estimate of drug-likeness (QED) is 0.892. The molecule has 0 spiro atoms. The van der Waals surface area contributed by atoms with E-state index in [2.05, 4.69) is 41.8 Å². The highest BCUT2D eigenvalue weighted by molar-refractivity contribution is 9.13. The van der Waals surface area contributed by atoms with Gasteiger partial charge in [0, 0.05) is 34.2 Å². The van der Waals surface area contributed by atoms with Gasteiger partial charge in [-0.05, 0) is 37.9 Å². The summed E-state index contributed by atoms with van der Waals surface area (Å²) in [5.41, 5.74) is 6.08. The van der Waals surface area contributed by atoms with Crippen molar-refractivity contribution in [2.75, 3.05) is 0 Å². The first-order valence-electron chi connectivity index (χ1n) is 4.35. The molecule has 0 aliphatic heterocycles. The van der Waals surface area contributed by atoms with Gasteiger partial charge in [0.05, 0.1) is 3.79 Å². The predicted octanol–water partition coefficient (Wildman–Crippen LogP) is 3.24. The van der Waals surface area contributed by atoms with Crippen molar-refractivity contribution >= 4 is 43.2 Å². The fourth-order valence-electron chi connectivity index (χ4n) is 1.26. The normalized spacial score (nSPS) is 13.0. The van der Waals surface area contributed by atoms with E-state index in [9.17, 15) is 0 Å². The molecule has 1 atom stereocenters. The van der Waals surface area contributed by atoms with E-state index >= 15 is 0 Å². The highest BCUT2D eigenvalue weighted by atomic mass is 79.9. The van der Waals surface area contributed by atoms with E-state index in [-0.39, 0.29) is 6.04 Å². The van der Waals surface area contributed by atoms with Gasteiger partial charge in [0.25, 0.3) is 0 Å². The van der Waals surface area contributed by atoms with E-state index in [1.807, 2.05) is 12.3 Å². The lowest BCUT2D eigenvalue weighted by atomic mass is 10.2. The maximum atomic E-state index is 6.08. The monoisotopic (exact) mass is 349 g/mol. The standard InChI is InChI=1S/C9H9Br2N3S/c10-5-3-7(15-9(5)11)6(12)4-8-13-1-2-14-8/h1-3,6H,4,12H2,(H,13,14). The van der Waals surface area contributed by atoms with Crippen molar-refractivity contribution in [1.82, 2.24) is 9.97 Å². The lowest BCUT2D eigenvalue weighted by Gasteiger charge is -2.06. The maximum Gasteiger partial charge on any atom is 0.107 e.